The lowest BCUT2D eigenvalue weighted by Crippen LogP contribution is -2.49. The molecule has 1 fully saturated rings. The molecule has 0 radical (unpaired) electrons. The molecule has 4 heteroatoms. The summed E-state index contributed by atoms with van der Waals surface area (Å²) in [4.78, 5) is 16.4. The molecule has 2 rings (SSSR count). The Morgan fingerprint density at radius 2 is 1.75 bits per heavy atom. The summed E-state index contributed by atoms with van der Waals surface area (Å²) in [6.07, 6.45) is 0.612. The van der Waals surface area contributed by atoms with Gasteiger partial charge in [-0.15, -0.1) is 0 Å². The zero-order valence-corrected chi connectivity index (χ0v) is 12.7. The van der Waals surface area contributed by atoms with Crippen molar-refractivity contribution < 1.29 is 4.79 Å². The number of piperazine rings is 1. The Hall–Kier alpha value is -1.71. The third-order valence-corrected chi connectivity index (χ3v) is 3.59. The molecule has 0 atom stereocenters. The number of nitrogens with zero attached hydrogens (tertiary/aromatic N) is 2. The van der Waals surface area contributed by atoms with E-state index in [0.29, 0.717) is 6.42 Å². The minimum Gasteiger partial charge on any atom is -0.397 e. The number of nitrogen functional groups attached to an aromatic ring is 1. The van der Waals surface area contributed by atoms with Gasteiger partial charge in [-0.25, -0.2) is 0 Å². The second-order valence-electron chi connectivity index (χ2n) is 6.66. The van der Waals surface area contributed by atoms with E-state index in [4.69, 9.17) is 5.73 Å². The van der Waals surface area contributed by atoms with Crippen LogP contribution in [0.2, 0.25) is 0 Å². The first-order chi connectivity index (χ1) is 9.37. The van der Waals surface area contributed by atoms with Crippen molar-refractivity contribution in [3.8, 4) is 0 Å². The van der Waals surface area contributed by atoms with E-state index in [1.54, 1.807) is 0 Å². The molecule has 20 heavy (non-hydrogen) atoms. The number of carbonyl (C=O) groups is 1. The fraction of sp³-hybridized carbons (Fsp3) is 0.562. The Morgan fingerprint density at radius 3 is 2.30 bits per heavy atom. The van der Waals surface area contributed by atoms with Crippen LogP contribution in [0.5, 0.6) is 0 Å². The normalized spacial score (nSPS) is 16.4. The van der Waals surface area contributed by atoms with Crippen LogP contribution in [-0.2, 0) is 4.79 Å². The number of benzene rings is 1. The Balaban J connectivity index is 1.93. The average molecular weight is 275 g/mol. The molecule has 4 nitrogen and oxygen atoms in total. The summed E-state index contributed by atoms with van der Waals surface area (Å²) in [6, 6.07) is 7.92. The lowest BCUT2D eigenvalue weighted by Gasteiger charge is -2.37. The van der Waals surface area contributed by atoms with Gasteiger partial charge in [-0.05, 0) is 17.5 Å². The average Bonchev–Trinajstić information content (AvgIpc) is 2.37. The van der Waals surface area contributed by atoms with E-state index >= 15 is 0 Å². The second kappa shape index (κ2) is 5.73. The number of anilines is 2. The molecule has 1 amide bonds. The maximum absolute atomic E-state index is 12.2. The van der Waals surface area contributed by atoms with Crippen LogP contribution in [0, 0.1) is 5.41 Å². The lowest BCUT2D eigenvalue weighted by atomic mass is 9.91. The highest BCUT2D eigenvalue weighted by atomic mass is 16.2. The van der Waals surface area contributed by atoms with Gasteiger partial charge < -0.3 is 15.5 Å². The number of para-hydroxylation sites is 2. The quantitative estimate of drug-likeness (QED) is 0.843. The summed E-state index contributed by atoms with van der Waals surface area (Å²) in [5, 5.41) is 0. The van der Waals surface area contributed by atoms with Crippen molar-refractivity contribution in [2.75, 3.05) is 36.8 Å². The van der Waals surface area contributed by atoms with Crippen molar-refractivity contribution in [2.24, 2.45) is 5.41 Å². The van der Waals surface area contributed by atoms with Gasteiger partial charge in [-0.3, -0.25) is 4.79 Å². The number of amides is 1. The van der Waals surface area contributed by atoms with Crippen LogP contribution in [0.3, 0.4) is 0 Å². The van der Waals surface area contributed by atoms with E-state index in [1.165, 1.54) is 0 Å². The molecular weight excluding hydrogens is 250 g/mol. The van der Waals surface area contributed by atoms with E-state index in [9.17, 15) is 4.79 Å². The Labute approximate surface area is 121 Å². The standard InChI is InChI=1S/C16H25N3O/c1-16(2,3)12-15(20)19-10-8-18(9-11-19)14-7-5-4-6-13(14)17/h4-7H,8-12,17H2,1-3H3. The van der Waals surface area contributed by atoms with E-state index < -0.39 is 0 Å². The van der Waals surface area contributed by atoms with Gasteiger partial charge in [0.15, 0.2) is 0 Å². The minimum absolute atomic E-state index is 0.0536. The monoisotopic (exact) mass is 275 g/mol. The molecule has 0 aliphatic carbocycles. The predicted molar refractivity (Wildman–Crippen MR) is 83.7 cm³/mol. The predicted octanol–water partition coefficient (Wildman–Crippen LogP) is 2.35. The van der Waals surface area contributed by atoms with E-state index in [2.05, 4.69) is 25.7 Å². The number of hydrogen-bond acceptors (Lipinski definition) is 3. The van der Waals surface area contributed by atoms with E-state index in [0.717, 1.165) is 37.6 Å². The van der Waals surface area contributed by atoms with Crippen molar-refractivity contribution in [1.29, 1.82) is 0 Å². The highest BCUT2D eigenvalue weighted by molar-refractivity contribution is 5.77. The molecule has 1 aromatic carbocycles. The molecular formula is C16H25N3O. The fourth-order valence-corrected chi connectivity index (χ4v) is 2.54. The number of carbonyl (C=O) groups excluding carboxylic acids is 1. The Morgan fingerprint density at radius 1 is 1.15 bits per heavy atom. The third-order valence-electron chi connectivity index (χ3n) is 3.59. The minimum atomic E-state index is 0.0536. The molecule has 110 valence electrons. The smallest absolute Gasteiger partial charge is 0.223 e. The molecule has 1 aromatic rings. The van der Waals surface area contributed by atoms with Gasteiger partial charge >= 0.3 is 0 Å². The summed E-state index contributed by atoms with van der Waals surface area (Å²) in [5.74, 6) is 0.262. The molecule has 0 aromatic heterocycles. The van der Waals surface area contributed by atoms with Crippen LogP contribution >= 0.6 is 0 Å². The SMILES string of the molecule is CC(C)(C)CC(=O)N1CCN(c2ccccc2N)CC1. The van der Waals surface area contributed by atoms with Gasteiger partial charge in [0, 0.05) is 32.6 Å². The molecule has 0 unspecified atom stereocenters. The Bertz CT molecular complexity index is 471. The van der Waals surface area contributed by atoms with Crippen molar-refractivity contribution in [1.82, 2.24) is 4.90 Å². The first kappa shape index (κ1) is 14.7. The third kappa shape index (κ3) is 3.65. The zero-order chi connectivity index (χ0) is 14.8. The fourth-order valence-electron chi connectivity index (χ4n) is 2.54. The summed E-state index contributed by atoms with van der Waals surface area (Å²) >= 11 is 0. The van der Waals surface area contributed by atoms with Gasteiger partial charge in [0.2, 0.25) is 5.91 Å². The van der Waals surface area contributed by atoms with Gasteiger partial charge in [0.05, 0.1) is 11.4 Å². The zero-order valence-electron chi connectivity index (χ0n) is 12.7. The molecule has 0 saturated carbocycles. The van der Waals surface area contributed by atoms with Crippen molar-refractivity contribution in [3.05, 3.63) is 24.3 Å². The maximum Gasteiger partial charge on any atom is 0.223 e. The number of rotatable bonds is 2. The van der Waals surface area contributed by atoms with Gasteiger partial charge in [-0.1, -0.05) is 32.9 Å². The summed E-state index contributed by atoms with van der Waals surface area (Å²) in [5.41, 5.74) is 7.95. The van der Waals surface area contributed by atoms with Crippen LogP contribution in [0.1, 0.15) is 27.2 Å². The highest BCUT2D eigenvalue weighted by Crippen LogP contribution is 2.25. The van der Waals surface area contributed by atoms with Crippen LogP contribution in [0.25, 0.3) is 0 Å². The number of nitrogens with two attached hydrogens (primary N) is 1. The second-order valence-corrected chi connectivity index (χ2v) is 6.66. The van der Waals surface area contributed by atoms with Gasteiger partial charge in [0.25, 0.3) is 0 Å². The van der Waals surface area contributed by atoms with Crippen LogP contribution < -0.4 is 10.6 Å². The van der Waals surface area contributed by atoms with Gasteiger partial charge in [0.1, 0.15) is 0 Å². The van der Waals surface area contributed by atoms with Crippen molar-refractivity contribution in [3.63, 3.8) is 0 Å². The molecule has 2 N–H and O–H groups in total. The molecule has 1 aliphatic heterocycles. The van der Waals surface area contributed by atoms with Crippen LogP contribution in [0.4, 0.5) is 11.4 Å². The van der Waals surface area contributed by atoms with Gasteiger partial charge in [-0.2, -0.15) is 0 Å². The van der Waals surface area contributed by atoms with E-state index in [1.807, 2.05) is 29.2 Å². The molecule has 1 heterocycles. The summed E-state index contributed by atoms with van der Waals surface area (Å²) in [7, 11) is 0. The molecule has 0 bridgehead atoms. The van der Waals surface area contributed by atoms with E-state index in [-0.39, 0.29) is 11.3 Å². The van der Waals surface area contributed by atoms with Crippen LogP contribution in [0.15, 0.2) is 24.3 Å². The topological polar surface area (TPSA) is 49.6 Å². The number of hydrogen-bond donors (Lipinski definition) is 1. The lowest BCUT2D eigenvalue weighted by molar-refractivity contribution is -0.133. The maximum atomic E-state index is 12.2. The Kier molecular flexibility index (Phi) is 4.21. The first-order valence-electron chi connectivity index (χ1n) is 7.24. The largest absolute Gasteiger partial charge is 0.397 e. The summed E-state index contributed by atoms with van der Waals surface area (Å²) in [6.45, 7) is 9.57. The van der Waals surface area contributed by atoms with Crippen molar-refractivity contribution >= 4 is 17.3 Å². The van der Waals surface area contributed by atoms with Crippen LogP contribution in [-0.4, -0.2) is 37.0 Å². The molecule has 1 aliphatic rings. The summed E-state index contributed by atoms with van der Waals surface area (Å²) < 4.78 is 0. The molecule has 0 spiro atoms. The first-order valence-corrected chi connectivity index (χ1v) is 7.24. The highest BCUT2D eigenvalue weighted by Gasteiger charge is 2.25. The van der Waals surface area contributed by atoms with Crippen molar-refractivity contribution in [2.45, 2.75) is 27.2 Å². The molecule has 1 saturated heterocycles.